The minimum atomic E-state index is -4.53. The summed E-state index contributed by atoms with van der Waals surface area (Å²) in [6.07, 6.45) is -3.35. The zero-order chi connectivity index (χ0) is 18.2. The van der Waals surface area contributed by atoms with Crippen LogP contribution in [0.3, 0.4) is 0 Å². The number of carbonyl (C=O) groups is 2. The number of alkyl halides is 3. The number of piperazine rings is 1. The summed E-state index contributed by atoms with van der Waals surface area (Å²) < 4.78 is 39.1. The molecule has 132 valence electrons. The summed E-state index contributed by atoms with van der Waals surface area (Å²) in [5.74, 6) is -0.593. The van der Waals surface area contributed by atoms with Crippen molar-refractivity contribution in [3.05, 3.63) is 47.8 Å². The van der Waals surface area contributed by atoms with Gasteiger partial charge in [-0.25, -0.2) is 4.68 Å². The van der Waals surface area contributed by atoms with E-state index in [0.717, 1.165) is 10.7 Å². The highest BCUT2D eigenvalue weighted by Crippen LogP contribution is 2.28. The predicted octanol–water partition coefficient (Wildman–Crippen LogP) is 1.85. The zero-order valence-electron chi connectivity index (χ0n) is 13.2. The largest absolute Gasteiger partial charge is 0.435 e. The first-order chi connectivity index (χ1) is 11.8. The van der Waals surface area contributed by atoms with Crippen LogP contribution in [-0.4, -0.2) is 45.6 Å². The molecule has 1 fully saturated rings. The van der Waals surface area contributed by atoms with Gasteiger partial charge in [-0.3, -0.25) is 9.59 Å². The second kappa shape index (κ2) is 6.23. The van der Waals surface area contributed by atoms with E-state index < -0.39 is 17.9 Å². The number of amides is 2. The Kier molecular flexibility index (Phi) is 4.23. The molecule has 9 heteroatoms. The topological polar surface area (TPSA) is 67.2 Å². The van der Waals surface area contributed by atoms with Gasteiger partial charge in [0.05, 0.1) is 5.69 Å². The molecule has 2 amide bonds. The van der Waals surface area contributed by atoms with Gasteiger partial charge in [-0.2, -0.15) is 18.3 Å². The highest BCUT2D eigenvalue weighted by molar-refractivity contribution is 5.98. The summed E-state index contributed by atoms with van der Waals surface area (Å²) in [6, 6.07) is 6.38. The van der Waals surface area contributed by atoms with E-state index in [1.807, 2.05) is 0 Å². The number of aromatic nitrogens is 2. The monoisotopic (exact) mass is 352 g/mol. The molecular weight excluding hydrogens is 337 g/mol. The van der Waals surface area contributed by atoms with Crippen LogP contribution in [-0.2, 0) is 11.0 Å². The van der Waals surface area contributed by atoms with Crippen LogP contribution < -0.4 is 5.32 Å². The molecule has 0 radical (unpaired) electrons. The first-order valence-corrected chi connectivity index (χ1v) is 7.59. The van der Waals surface area contributed by atoms with E-state index in [-0.39, 0.29) is 17.4 Å². The Bertz CT molecular complexity index is 816. The van der Waals surface area contributed by atoms with Crippen molar-refractivity contribution in [3.8, 4) is 5.69 Å². The third kappa shape index (κ3) is 3.35. The SMILES string of the molecule is C[C@H]1C(=O)NCCN1C(=O)c1cccc(-n2ccc(C(F)(F)F)n2)c1. The maximum Gasteiger partial charge on any atom is 0.435 e. The molecule has 0 bridgehead atoms. The number of benzene rings is 1. The van der Waals surface area contributed by atoms with E-state index in [2.05, 4.69) is 10.4 Å². The minimum Gasteiger partial charge on any atom is -0.353 e. The lowest BCUT2D eigenvalue weighted by Gasteiger charge is -2.32. The molecule has 1 aromatic heterocycles. The van der Waals surface area contributed by atoms with Crippen molar-refractivity contribution in [2.45, 2.75) is 19.1 Å². The molecule has 1 aromatic carbocycles. The lowest BCUT2D eigenvalue weighted by Crippen LogP contribution is -2.55. The van der Waals surface area contributed by atoms with Gasteiger partial charge in [0.15, 0.2) is 5.69 Å². The van der Waals surface area contributed by atoms with E-state index in [1.54, 1.807) is 25.1 Å². The Hall–Kier alpha value is -2.84. The molecular formula is C16H15F3N4O2. The molecule has 1 atom stereocenters. The lowest BCUT2D eigenvalue weighted by molar-refractivity contribution is -0.141. The Labute approximate surface area is 141 Å². The quantitative estimate of drug-likeness (QED) is 0.897. The van der Waals surface area contributed by atoms with E-state index in [0.29, 0.717) is 18.8 Å². The van der Waals surface area contributed by atoms with Crippen LogP contribution in [0, 0.1) is 0 Å². The fourth-order valence-corrected chi connectivity index (χ4v) is 2.63. The number of rotatable bonds is 2. The average Bonchev–Trinajstić information content (AvgIpc) is 3.07. The van der Waals surface area contributed by atoms with Crippen LogP contribution >= 0.6 is 0 Å². The first-order valence-electron chi connectivity index (χ1n) is 7.59. The first kappa shape index (κ1) is 17.0. The molecule has 0 spiro atoms. The zero-order valence-corrected chi connectivity index (χ0v) is 13.2. The van der Waals surface area contributed by atoms with Crippen molar-refractivity contribution >= 4 is 11.8 Å². The van der Waals surface area contributed by atoms with Gasteiger partial charge in [-0.1, -0.05) is 6.07 Å². The van der Waals surface area contributed by atoms with Crippen LogP contribution in [0.5, 0.6) is 0 Å². The number of halogens is 3. The normalized spacial score (nSPS) is 18.2. The number of carbonyl (C=O) groups excluding carboxylic acids is 2. The number of nitrogens with one attached hydrogen (secondary N) is 1. The number of nitrogens with zero attached hydrogens (tertiary/aromatic N) is 3. The smallest absolute Gasteiger partial charge is 0.353 e. The average molecular weight is 352 g/mol. The molecule has 1 aliphatic heterocycles. The van der Waals surface area contributed by atoms with Gasteiger partial charge in [0, 0.05) is 24.8 Å². The summed E-state index contributed by atoms with van der Waals surface area (Å²) in [6.45, 7) is 2.36. The summed E-state index contributed by atoms with van der Waals surface area (Å²) in [7, 11) is 0. The standard InChI is InChI=1S/C16H15F3N4O2/c1-10-14(24)20-6-8-22(10)15(25)11-3-2-4-12(9-11)23-7-5-13(21-23)16(17,18)19/h2-5,7,9-10H,6,8H2,1H3,(H,20,24)/t10-/m0/s1. The van der Waals surface area contributed by atoms with E-state index in [1.165, 1.54) is 17.2 Å². The minimum absolute atomic E-state index is 0.238. The second-order valence-electron chi connectivity index (χ2n) is 5.66. The Morgan fingerprint density at radius 1 is 1.32 bits per heavy atom. The highest BCUT2D eigenvalue weighted by atomic mass is 19.4. The maximum absolute atomic E-state index is 12.7. The van der Waals surface area contributed by atoms with Gasteiger partial charge in [0.2, 0.25) is 5.91 Å². The Balaban J connectivity index is 1.87. The molecule has 2 aromatic rings. The third-order valence-electron chi connectivity index (χ3n) is 4.00. The molecule has 0 unspecified atom stereocenters. The molecule has 1 aliphatic rings. The highest BCUT2D eigenvalue weighted by Gasteiger charge is 2.34. The van der Waals surface area contributed by atoms with Gasteiger partial charge in [-0.15, -0.1) is 0 Å². The van der Waals surface area contributed by atoms with Gasteiger partial charge < -0.3 is 10.2 Å². The lowest BCUT2D eigenvalue weighted by atomic mass is 10.1. The molecule has 0 saturated carbocycles. The summed E-state index contributed by atoms with van der Waals surface area (Å²) in [4.78, 5) is 25.8. The van der Waals surface area contributed by atoms with E-state index in [4.69, 9.17) is 0 Å². The van der Waals surface area contributed by atoms with Crippen LogP contribution in [0.4, 0.5) is 13.2 Å². The fourth-order valence-electron chi connectivity index (χ4n) is 2.63. The van der Waals surface area contributed by atoms with Gasteiger partial charge in [0.25, 0.3) is 5.91 Å². The number of hydrogen-bond acceptors (Lipinski definition) is 3. The third-order valence-corrected chi connectivity index (χ3v) is 4.00. The van der Waals surface area contributed by atoms with Gasteiger partial charge >= 0.3 is 6.18 Å². The summed E-state index contributed by atoms with van der Waals surface area (Å²) in [5, 5.41) is 6.16. The molecule has 1 N–H and O–H groups in total. The van der Waals surface area contributed by atoms with E-state index in [9.17, 15) is 22.8 Å². The molecule has 3 rings (SSSR count). The Morgan fingerprint density at radius 3 is 2.76 bits per heavy atom. The van der Waals surface area contributed by atoms with Crippen LogP contribution in [0.2, 0.25) is 0 Å². The summed E-state index contributed by atoms with van der Waals surface area (Å²) in [5.41, 5.74) is -0.399. The van der Waals surface area contributed by atoms with Crippen molar-refractivity contribution in [3.63, 3.8) is 0 Å². The second-order valence-corrected chi connectivity index (χ2v) is 5.66. The van der Waals surface area contributed by atoms with E-state index >= 15 is 0 Å². The van der Waals surface area contributed by atoms with Gasteiger partial charge in [-0.05, 0) is 31.2 Å². The van der Waals surface area contributed by atoms with Crippen LogP contribution in [0.15, 0.2) is 36.5 Å². The van der Waals surface area contributed by atoms with Crippen LogP contribution in [0.25, 0.3) is 5.69 Å². The predicted molar refractivity (Wildman–Crippen MR) is 82.1 cm³/mol. The molecule has 1 saturated heterocycles. The summed E-state index contributed by atoms with van der Waals surface area (Å²) >= 11 is 0. The molecule has 25 heavy (non-hydrogen) atoms. The van der Waals surface area contributed by atoms with Gasteiger partial charge in [0.1, 0.15) is 6.04 Å². The van der Waals surface area contributed by atoms with Crippen molar-refractivity contribution in [2.24, 2.45) is 0 Å². The van der Waals surface area contributed by atoms with Crippen molar-refractivity contribution in [1.82, 2.24) is 20.0 Å². The maximum atomic E-state index is 12.7. The molecule has 2 heterocycles. The van der Waals surface area contributed by atoms with Crippen molar-refractivity contribution in [2.75, 3.05) is 13.1 Å². The Morgan fingerprint density at radius 2 is 2.08 bits per heavy atom. The van der Waals surface area contributed by atoms with Crippen molar-refractivity contribution in [1.29, 1.82) is 0 Å². The molecule has 0 aliphatic carbocycles. The fraction of sp³-hybridized carbons (Fsp3) is 0.312. The van der Waals surface area contributed by atoms with Crippen molar-refractivity contribution < 1.29 is 22.8 Å². The van der Waals surface area contributed by atoms with Crippen LogP contribution in [0.1, 0.15) is 23.0 Å². The number of hydrogen-bond donors (Lipinski definition) is 1. The molecule has 6 nitrogen and oxygen atoms in total.